The summed E-state index contributed by atoms with van der Waals surface area (Å²) in [6.07, 6.45) is 7.24. The van der Waals surface area contributed by atoms with Crippen LogP contribution in [0.1, 0.15) is 21.1 Å². The lowest BCUT2D eigenvalue weighted by Crippen LogP contribution is -2.25. The summed E-state index contributed by atoms with van der Waals surface area (Å²) in [6.45, 7) is 0.943. The number of pyridine rings is 2. The van der Waals surface area contributed by atoms with Crippen LogP contribution in [0.4, 0.5) is 0 Å². The Kier molecular flexibility index (Phi) is 5.47. The van der Waals surface area contributed by atoms with Gasteiger partial charge in [-0.2, -0.15) is 0 Å². The number of carbonyl (C=O) groups is 1. The van der Waals surface area contributed by atoms with Gasteiger partial charge in [0.05, 0.1) is 17.5 Å². The quantitative estimate of drug-likeness (QED) is 0.715. The van der Waals surface area contributed by atoms with Crippen LogP contribution in [-0.4, -0.2) is 27.4 Å². The van der Waals surface area contributed by atoms with E-state index in [1.165, 1.54) is 0 Å². The summed E-state index contributed by atoms with van der Waals surface area (Å²) in [4.78, 5) is 24.3. The first-order valence-corrected chi connectivity index (χ1v) is 8.33. The first kappa shape index (κ1) is 16.1. The highest BCUT2D eigenvalue weighted by molar-refractivity contribution is 7.09. The zero-order valence-electron chi connectivity index (χ0n) is 12.9. The van der Waals surface area contributed by atoms with E-state index in [0.29, 0.717) is 25.1 Å². The lowest BCUT2D eigenvalue weighted by molar-refractivity contribution is 0.0953. The molecule has 3 aromatic rings. The number of nitrogens with one attached hydrogen (secondary N) is 1. The summed E-state index contributed by atoms with van der Waals surface area (Å²) in [5.74, 6) is 0.594. The molecule has 0 aliphatic rings. The van der Waals surface area contributed by atoms with E-state index in [2.05, 4.69) is 20.3 Å². The van der Waals surface area contributed by atoms with Crippen molar-refractivity contribution in [1.82, 2.24) is 20.3 Å². The van der Waals surface area contributed by atoms with Crippen LogP contribution in [0.15, 0.2) is 54.4 Å². The summed E-state index contributed by atoms with van der Waals surface area (Å²) >= 11 is 1.54. The van der Waals surface area contributed by atoms with Gasteiger partial charge < -0.3 is 10.1 Å². The molecule has 122 valence electrons. The minimum Gasteiger partial charge on any atom is -0.485 e. The number of ether oxygens (including phenoxy) is 1. The molecule has 0 spiro atoms. The Morgan fingerprint density at radius 1 is 1.17 bits per heavy atom. The Morgan fingerprint density at radius 3 is 2.75 bits per heavy atom. The smallest absolute Gasteiger partial charge is 0.252 e. The van der Waals surface area contributed by atoms with E-state index >= 15 is 0 Å². The molecule has 0 radical (unpaired) electrons. The van der Waals surface area contributed by atoms with Crippen LogP contribution in [0.3, 0.4) is 0 Å². The minimum atomic E-state index is -0.126. The van der Waals surface area contributed by atoms with Crippen LogP contribution in [0.5, 0.6) is 5.75 Å². The second-order valence-electron chi connectivity index (χ2n) is 4.96. The monoisotopic (exact) mass is 340 g/mol. The molecule has 1 amide bonds. The van der Waals surface area contributed by atoms with Gasteiger partial charge in [-0.05, 0) is 24.3 Å². The first-order chi connectivity index (χ1) is 11.8. The highest BCUT2D eigenvalue weighted by Gasteiger charge is 2.06. The van der Waals surface area contributed by atoms with E-state index in [4.69, 9.17) is 4.74 Å². The molecule has 3 heterocycles. The van der Waals surface area contributed by atoms with E-state index in [-0.39, 0.29) is 5.91 Å². The highest BCUT2D eigenvalue weighted by atomic mass is 32.1. The molecule has 0 aromatic carbocycles. The molecule has 0 aliphatic carbocycles. The molecule has 1 N–H and O–H groups in total. The normalized spacial score (nSPS) is 10.3. The van der Waals surface area contributed by atoms with Gasteiger partial charge >= 0.3 is 0 Å². The third-order valence-corrected chi connectivity index (χ3v) is 4.06. The molecule has 0 bridgehead atoms. The van der Waals surface area contributed by atoms with Gasteiger partial charge in [0.2, 0.25) is 0 Å². The number of rotatable bonds is 7. The molecule has 0 fully saturated rings. The van der Waals surface area contributed by atoms with E-state index in [1.54, 1.807) is 48.3 Å². The lowest BCUT2D eigenvalue weighted by Gasteiger charge is -2.03. The summed E-state index contributed by atoms with van der Waals surface area (Å²) in [5, 5.41) is 5.74. The second kappa shape index (κ2) is 8.16. The minimum absolute atomic E-state index is 0.126. The topological polar surface area (TPSA) is 77.0 Å². The van der Waals surface area contributed by atoms with Gasteiger partial charge in [-0.3, -0.25) is 14.8 Å². The van der Waals surface area contributed by atoms with Crippen LogP contribution in [0.25, 0.3) is 0 Å². The number of hydrogen-bond donors (Lipinski definition) is 1. The Bertz CT molecular complexity index is 778. The van der Waals surface area contributed by atoms with E-state index in [0.717, 1.165) is 16.5 Å². The summed E-state index contributed by atoms with van der Waals surface area (Å²) < 4.78 is 5.61. The van der Waals surface area contributed by atoms with Crippen LogP contribution in [0, 0.1) is 0 Å². The molecule has 0 aliphatic heterocycles. The number of nitrogens with zero attached hydrogens (tertiary/aromatic N) is 3. The Morgan fingerprint density at radius 2 is 2.00 bits per heavy atom. The van der Waals surface area contributed by atoms with Crippen molar-refractivity contribution in [3.63, 3.8) is 0 Å². The fraction of sp³-hybridized carbons (Fsp3) is 0.176. The third-order valence-electron chi connectivity index (χ3n) is 3.19. The van der Waals surface area contributed by atoms with Gasteiger partial charge in [0.25, 0.3) is 5.91 Å². The van der Waals surface area contributed by atoms with Crippen LogP contribution in [0.2, 0.25) is 0 Å². The molecule has 0 unspecified atom stereocenters. The largest absolute Gasteiger partial charge is 0.485 e. The van der Waals surface area contributed by atoms with Gasteiger partial charge in [0.15, 0.2) is 0 Å². The Labute approximate surface area is 143 Å². The maximum Gasteiger partial charge on any atom is 0.252 e. The second-order valence-corrected chi connectivity index (χ2v) is 5.90. The Hall–Kier alpha value is -2.80. The molecule has 3 aromatic heterocycles. The zero-order chi connectivity index (χ0) is 16.6. The fourth-order valence-corrected chi connectivity index (χ4v) is 2.75. The summed E-state index contributed by atoms with van der Waals surface area (Å²) in [6, 6.07) is 7.16. The van der Waals surface area contributed by atoms with Crippen LogP contribution >= 0.6 is 11.3 Å². The van der Waals surface area contributed by atoms with Gasteiger partial charge in [-0.25, -0.2) is 4.98 Å². The molecular formula is C17H16N4O2S. The van der Waals surface area contributed by atoms with Gasteiger partial charge in [-0.15, -0.1) is 11.3 Å². The van der Waals surface area contributed by atoms with Gasteiger partial charge in [-0.1, -0.05) is 0 Å². The molecule has 0 atom stereocenters. The predicted molar refractivity (Wildman–Crippen MR) is 91.0 cm³/mol. The average Bonchev–Trinajstić information content (AvgIpc) is 3.09. The van der Waals surface area contributed by atoms with Crippen molar-refractivity contribution in [3.05, 3.63) is 70.7 Å². The summed E-state index contributed by atoms with van der Waals surface area (Å²) in [7, 11) is 0. The maximum absolute atomic E-state index is 11.9. The molecule has 3 rings (SSSR count). The van der Waals surface area contributed by atoms with Crippen molar-refractivity contribution in [2.45, 2.75) is 13.0 Å². The van der Waals surface area contributed by atoms with E-state index in [9.17, 15) is 4.79 Å². The highest BCUT2D eigenvalue weighted by Crippen LogP contribution is 2.14. The Balaban J connectivity index is 1.44. The SMILES string of the molecule is O=C(NCCc1csc(COc2cccnc2)n1)c1cccnc1. The molecule has 0 saturated carbocycles. The lowest BCUT2D eigenvalue weighted by atomic mass is 10.2. The van der Waals surface area contributed by atoms with Crippen molar-refractivity contribution in [3.8, 4) is 5.75 Å². The standard InChI is InChI=1S/C17H16N4O2S/c22-17(13-3-1-6-18-9-13)20-8-5-14-12-24-16(21-14)11-23-15-4-2-7-19-10-15/h1-4,6-7,9-10,12H,5,8,11H2,(H,20,22). The average molecular weight is 340 g/mol. The van der Waals surface area contributed by atoms with Crippen LogP contribution in [-0.2, 0) is 13.0 Å². The number of carbonyl (C=O) groups excluding carboxylic acids is 1. The van der Waals surface area contributed by atoms with Gasteiger partial charge in [0.1, 0.15) is 17.4 Å². The number of amides is 1. The fourth-order valence-electron chi connectivity index (χ4n) is 2.01. The first-order valence-electron chi connectivity index (χ1n) is 7.45. The molecule has 0 saturated heterocycles. The zero-order valence-corrected chi connectivity index (χ0v) is 13.7. The van der Waals surface area contributed by atoms with Gasteiger partial charge in [0, 0.05) is 36.9 Å². The molecular weight excluding hydrogens is 324 g/mol. The predicted octanol–water partition coefficient (Wildman–Crippen LogP) is 2.48. The third kappa shape index (κ3) is 4.60. The molecule has 7 heteroatoms. The maximum atomic E-state index is 11.9. The van der Waals surface area contributed by atoms with Crippen molar-refractivity contribution in [1.29, 1.82) is 0 Å². The van der Waals surface area contributed by atoms with E-state index < -0.39 is 0 Å². The van der Waals surface area contributed by atoms with Crippen molar-refractivity contribution < 1.29 is 9.53 Å². The van der Waals surface area contributed by atoms with Crippen LogP contribution < -0.4 is 10.1 Å². The van der Waals surface area contributed by atoms with Crippen molar-refractivity contribution >= 4 is 17.2 Å². The molecule has 24 heavy (non-hydrogen) atoms. The summed E-state index contributed by atoms with van der Waals surface area (Å²) in [5.41, 5.74) is 1.50. The number of hydrogen-bond acceptors (Lipinski definition) is 6. The van der Waals surface area contributed by atoms with Crippen molar-refractivity contribution in [2.24, 2.45) is 0 Å². The molecule has 6 nitrogen and oxygen atoms in total. The number of aromatic nitrogens is 3. The number of thiazole rings is 1. The van der Waals surface area contributed by atoms with Crippen molar-refractivity contribution in [2.75, 3.05) is 6.54 Å². The van der Waals surface area contributed by atoms with E-state index in [1.807, 2.05) is 17.5 Å².